The van der Waals surface area contributed by atoms with Gasteiger partial charge >= 0.3 is 23.9 Å². The fourth-order valence-electron chi connectivity index (χ4n) is 10.8. The van der Waals surface area contributed by atoms with Crippen molar-refractivity contribution in [1.82, 2.24) is 0 Å². The maximum atomic E-state index is 13.2. The SMILES string of the molecule is CCCCCCOC(=O)CCC(C)C1CC[C@H]2C3[C@H](OC(=O)CCN)CC4CC(OC(=O)CCN)CC[C@]4(C)[C@H]3C[C@H](OC(=O)CCN)[C@]12C. The van der Waals surface area contributed by atoms with E-state index in [4.69, 9.17) is 36.1 Å². The Kier molecular flexibility index (Phi) is 15.0. The molecule has 11 atom stereocenters. The number of carbonyl (C=O) groups is 4. The van der Waals surface area contributed by atoms with E-state index in [-0.39, 0.29) is 127 Å². The largest absolute Gasteiger partial charge is 0.466 e. The number of hydrogen-bond acceptors (Lipinski definition) is 11. The van der Waals surface area contributed by atoms with Crippen LogP contribution in [0.4, 0.5) is 0 Å². The molecule has 4 aliphatic carbocycles. The first-order valence-electron chi connectivity index (χ1n) is 19.8. The van der Waals surface area contributed by atoms with Gasteiger partial charge in [-0.1, -0.05) is 47.0 Å². The predicted molar refractivity (Wildman–Crippen MR) is 190 cm³/mol. The third kappa shape index (κ3) is 9.21. The summed E-state index contributed by atoms with van der Waals surface area (Å²) >= 11 is 0. The lowest BCUT2D eigenvalue weighted by atomic mass is 9.43. The number of esters is 4. The average Bonchev–Trinajstić information content (AvgIpc) is 3.43. The molecule has 0 radical (unpaired) electrons. The highest BCUT2D eigenvalue weighted by atomic mass is 16.6. The summed E-state index contributed by atoms with van der Waals surface area (Å²) in [7, 11) is 0. The van der Waals surface area contributed by atoms with Gasteiger partial charge in [-0.3, -0.25) is 19.2 Å². The maximum absolute atomic E-state index is 13.2. The molecule has 0 aromatic carbocycles. The quantitative estimate of drug-likeness (QED) is 0.0970. The second-order valence-corrected chi connectivity index (χ2v) is 16.3. The van der Waals surface area contributed by atoms with E-state index in [1.807, 2.05) is 0 Å². The molecule has 0 aliphatic heterocycles. The Hall–Kier alpha value is -2.24. The van der Waals surface area contributed by atoms with Gasteiger partial charge in [0.25, 0.3) is 0 Å². The van der Waals surface area contributed by atoms with Crippen LogP contribution in [0.2, 0.25) is 0 Å². The molecule has 0 bridgehead atoms. The summed E-state index contributed by atoms with van der Waals surface area (Å²) in [5.41, 5.74) is 16.7. The first-order valence-corrected chi connectivity index (χ1v) is 19.8. The number of ether oxygens (including phenoxy) is 4. The minimum atomic E-state index is -0.369. The number of rotatable bonds is 18. The summed E-state index contributed by atoms with van der Waals surface area (Å²) < 4.78 is 24.2. The molecule has 11 nitrogen and oxygen atoms in total. The highest BCUT2D eigenvalue weighted by Gasteiger charge is 2.67. The van der Waals surface area contributed by atoms with Crippen molar-refractivity contribution in [2.45, 2.75) is 149 Å². The molecule has 4 saturated carbocycles. The first-order chi connectivity index (χ1) is 23.9. The lowest BCUT2D eigenvalue weighted by Crippen LogP contribution is -2.63. The van der Waals surface area contributed by atoms with Crippen LogP contribution in [-0.2, 0) is 38.1 Å². The van der Waals surface area contributed by atoms with E-state index in [0.29, 0.717) is 38.7 Å². The van der Waals surface area contributed by atoms with Gasteiger partial charge in [0.05, 0.1) is 25.9 Å². The maximum Gasteiger partial charge on any atom is 0.307 e. The summed E-state index contributed by atoms with van der Waals surface area (Å²) in [4.78, 5) is 51.4. The van der Waals surface area contributed by atoms with Crippen LogP contribution < -0.4 is 17.2 Å². The molecule has 5 unspecified atom stereocenters. The third-order valence-electron chi connectivity index (χ3n) is 13.4. The van der Waals surface area contributed by atoms with Crippen molar-refractivity contribution in [3.63, 3.8) is 0 Å². The number of nitrogens with two attached hydrogens (primary N) is 3. The van der Waals surface area contributed by atoms with Crippen molar-refractivity contribution in [2.24, 2.45) is 63.5 Å². The molecule has 6 N–H and O–H groups in total. The number of carbonyl (C=O) groups excluding carboxylic acids is 4. The van der Waals surface area contributed by atoms with Crippen LogP contribution in [0.5, 0.6) is 0 Å². The van der Waals surface area contributed by atoms with Crippen molar-refractivity contribution in [3.05, 3.63) is 0 Å². The second-order valence-electron chi connectivity index (χ2n) is 16.3. The molecular formula is C39H67N3O8. The summed E-state index contributed by atoms with van der Waals surface area (Å²) in [6.07, 6.45) is 10.6. The lowest BCUT2D eigenvalue weighted by Gasteiger charge is -2.64. The zero-order valence-corrected chi connectivity index (χ0v) is 31.3. The van der Waals surface area contributed by atoms with Gasteiger partial charge in [-0.05, 0) is 92.8 Å². The van der Waals surface area contributed by atoms with Crippen LogP contribution >= 0.6 is 0 Å². The zero-order chi connectivity index (χ0) is 36.5. The molecule has 50 heavy (non-hydrogen) atoms. The van der Waals surface area contributed by atoms with Crippen molar-refractivity contribution in [2.75, 3.05) is 26.2 Å². The van der Waals surface area contributed by atoms with E-state index in [2.05, 4.69) is 27.7 Å². The van der Waals surface area contributed by atoms with Gasteiger partial charge in [0, 0.05) is 37.4 Å². The number of unbranched alkanes of at least 4 members (excludes halogenated alkanes) is 3. The molecule has 0 amide bonds. The first kappa shape index (κ1) is 40.5. The van der Waals surface area contributed by atoms with Gasteiger partial charge in [0.2, 0.25) is 0 Å². The van der Waals surface area contributed by atoms with Gasteiger partial charge in [-0.2, -0.15) is 0 Å². The Morgan fingerprint density at radius 3 is 2.06 bits per heavy atom. The highest BCUT2D eigenvalue weighted by molar-refractivity contribution is 5.71. The molecule has 4 aliphatic rings. The molecule has 286 valence electrons. The Morgan fingerprint density at radius 1 is 0.740 bits per heavy atom. The normalized spacial score (nSPS) is 35.2. The summed E-state index contributed by atoms with van der Waals surface area (Å²) in [6, 6.07) is 0. The minimum absolute atomic E-state index is 0.0917. The van der Waals surface area contributed by atoms with E-state index in [0.717, 1.165) is 51.4 Å². The van der Waals surface area contributed by atoms with Gasteiger partial charge in [-0.25, -0.2) is 0 Å². The molecule has 0 aromatic rings. The van der Waals surface area contributed by atoms with Crippen LogP contribution in [0.15, 0.2) is 0 Å². The average molecular weight is 706 g/mol. The molecule has 0 saturated heterocycles. The van der Waals surface area contributed by atoms with E-state index in [1.54, 1.807) is 0 Å². The van der Waals surface area contributed by atoms with Crippen molar-refractivity contribution >= 4 is 23.9 Å². The van der Waals surface area contributed by atoms with Gasteiger partial charge in [0.15, 0.2) is 0 Å². The van der Waals surface area contributed by atoms with E-state index in [1.165, 1.54) is 0 Å². The van der Waals surface area contributed by atoms with Gasteiger partial charge in [0.1, 0.15) is 18.3 Å². The monoisotopic (exact) mass is 705 g/mol. The number of hydrogen-bond donors (Lipinski definition) is 3. The molecule has 0 heterocycles. The van der Waals surface area contributed by atoms with Crippen LogP contribution in [0.25, 0.3) is 0 Å². The Balaban J connectivity index is 1.61. The van der Waals surface area contributed by atoms with Crippen LogP contribution in [0.1, 0.15) is 130 Å². The third-order valence-corrected chi connectivity index (χ3v) is 13.4. The van der Waals surface area contributed by atoms with Gasteiger partial charge in [-0.15, -0.1) is 0 Å². The van der Waals surface area contributed by atoms with Crippen molar-refractivity contribution < 1.29 is 38.1 Å². The van der Waals surface area contributed by atoms with E-state index in [9.17, 15) is 19.2 Å². The van der Waals surface area contributed by atoms with Crippen LogP contribution in [0, 0.1) is 46.3 Å². The molecule has 4 fully saturated rings. The van der Waals surface area contributed by atoms with E-state index < -0.39 is 0 Å². The fourth-order valence-corrected chi connectivity index (χ4v) is 10.8. The Morgan fingerprint density at radius 2 is 1.40 bits per heavy atom. The summed E-state index contributed by atoms with van der Waals surface area (Å²) in [5.74, 6) is -0.00890. The van der Waals surface area contributed by atoms with Crippen LogP contribution in [-0.4, -0.2) is 68.4 Å². The number of fused-ring (bicyclic) bond motifs is 5. The lowest BCUT2D eigenvalue weighted by molar-refractivity contribution is -0.225. The molecule has 0 spiro atoms. The Bertz CT molecular complexity index is 1150. The predicted octanol–water partition coefficient (Wildman–Crippen LogP) is 5.19. The van der Waals surface area contributed by atoms with Crippen molar-refractivity contribution in [1.29, 1.82) is 0 Å². The highest BCUT2D eigenvalue weighted by Crippen LogP contribution is 2.69. The fraction of sp³-hybridized carbons (Fsp3) is 0.897. The standard InChI is InChI=1S/C39H67N3O8/c1-5-6-7-8-21-47-33(43)12-9-25(2)28-10-11-29-37-30(24-32(39(28,29)4)50-36(46)16-20-42)38(3)17-13-27(48-34(44)14-18-40)22-26(38)23-31(37)49-35(45)15-19-41/h25-32,37H,5-24,40-42H2,1-4H3/t25?,26?,27?,28?,29-,30-,31+,32-,37?,38-,39+/m0/s1. The van der Waals surface area contributed by atoms with Crippen LogP contribution in [0.3, 0.4) is 0 Å². The zero-order valence-electron chi connectivity index (χ0n) is 31.3. The smallest absolute Gasteiger partial charge is 0.307 e. The summed E-state index contributed by atoms with van der Waals surface area (Å²) in [5, 5.41) is 0. The van der Waals surface area contributed by atoms with Gasteiger partial charge < -0.3 is 36.1 Å². The molecule has 4 rings (SSSR count). The topological polar surface area (TPSA) is 183 Å². The molecule has 0 aromatic heterocycles. The summed E-state index contributed by atoms with van der Waals surface area (Å²) in [6.45, 7) is 10.2. The second kappa shape index (κ2) is 18.5. The van der Waals surface area contributed by atoms with E-state index >= 15 is 0 Å². The van der Waals surface area contributed by atoms with Crippen molar-refractivity contribution in [3.8, 4) is 0 Å². The minimum Gasteiger partial charge on any atom is -0.466 e. The molecule has 11 heteroatoms. The Labute approximate surface area is 300 Å². The molecular weight excluding hydrogens is 638 g/mol.